The molecule has 1 aromatic carbocycles. The third-order valence-electron chi connectivity index (χ3n) is 5.23. The number of halogens is 1. The molecule has 1 N–H and O–H groups in total. The fourth-order valence-electron chi connectivity index (χ4n) is 3.52. The number of anilines is 3. The molecule has 0 aliphatic rings. The third-order valence-corrected chi connectivity index (χ3v) is 5.54. The fraction of sp³-hybridized carbons (Fsp3) is 0.429. The summed E-state index contributed by atoms with van der Waals surface area (Å²) in [7, 11) is 6.01. The van der Waals surface area contributed by atoms with E-state index in [9.17, 15) is 0 Å². The van der Waals surface area contributed by atoms with E-state index in [-0.39, 0.29) is 0 Å². The topological polar surface area (TPSA) is 46.0 Å². The minimum Gasteiger partial charge on any atom is -0.363 e. The Morgan fingerprint density at radius 3 is 2.52 bits per heavy atom. The number of rotatable bonds is 6. The number of pyridine rings is 1. The van der Waals surface area contributed by atoms with Crippen LogP contribution in [0.25, 0.3) is 11.0 Å². The fourth-order valence-corrected chi connectivity index (χ4v) is 3.72. The molecule has 2 heterocycles. The first kappa shape index (κ1) is 19.5. The van der Waals surface area contributed by atoms with Crippen molar-refractivity contribution in [2.45, 2.75) is 39.5 Å². The second kappa shape index (κ2) is 7.77. The first-order chi connectivity index (χ1) is 12.9. The minimum atomic E-state index is 0.496. The maximum absolute atomic E-state index is 6.47. The van der Waals surface area contributed by atoms with Gasteiger partial charge in [0.2, 0.25) is 5.95 Å². The molecule has 27 heavy (non-hydrogen) atoms. The number of nitrogens with zero attached hydrogens (tertiary/aromatic N) is 4. The van der Waals surface area contributed by atoms with E-state index in [0.29, 0.717) is 10.9 Å². The molecule has 0 aliphatic heterocycles. The molecule has 2 aromatic heterocycles. The molecule has 6 heteroatoms. The predicted octanol–water partition coefficient (Wildman–Crippen LogP) is 5.64. The highest BCUT2D eigenvalue weighted by Gasteiger charge is 2.19. The summed E-state index contributed by atoms with van der Waals surface area (Å²) in [6, 6.07) is 6.17. The molecule has 0 saturated carbocycles. The Balaban J connectivity index is 2.07. The van der Waals surface area contributed by atoms with Crippen LogP contribution in [-0.2, 0) is 7.05 Å². The Morgan fingerprint density at radius 2 is 1.93 bits per heavy atom. The van der Waals surface area contributed by atoms with Gasteiger partial charge in [-0.05, 0) is 48.9 Å². The van der Waals surface area contributed by atoms with Crippen LogP contribution >= 0.6 is 11.6 Å². The van der Waals surface area contributed by atoms with Gasteiger partial charge in [-0.3, -0.25) is 0 Å². The number of nitrogens with one attached hydrogen (secondary N) is 1. The van der Waals surface area contributed by atoms with Gasteiger partial charge in [0.25, 0.3) is 0 Å². The van der Waals surface area contributed by atoms with Crippen molar-refractivity contribution in [1.29, 1.82) is 0 Å². The van der Waals surface area contributed by atoms with Gasteiger partial charge in [-0.2, -0.15) is 0 Å². The van der Waals surface area contributed by atoms with Crippen LogP contribution in [0.4, 0.5) is 17.5 Å². The van der Waals surface area contributed by atoms with Crippen molar-refractivity contribution in [2.75, 3.05) is 24.3 Å². The zero-order chi connectivity index (χ0) is 19.7. The molecular formula is C21H28ClN5. The van der Waals surface area contributed by atoms with Crippen molar-refractivity contribution in [3.63, 3.8) is 0 Å². The third kappa shape index (κ3) is 3.61. The maximum Gasteiger partial charge on any atom is 0.208 e. The summed E-state index contributed by atoms with van der Waals surface area (Å²) in [6.07, 6.45) is 4.04. The van der Waals surface area contributed by atoms with E-state index in [0.717, 1.165) is 46.9 Å². The molecule has 0 amide bonds. The lowest BCUT2D eigenvalue weighted by molar-refractivity contribution is 0.643. The number of aromatic nitrogens is 3. The monoisotopic (exact) mass is 385 g/mol. The highest BCUT2D eigenvalue weighted by molar-refractivity contribution is 6.35. The summed E-state index contributed by atoms with van der Waals surface area (Å²) in [5, 5.41) is 4.12. The smallest absolute Gasteiger partial charge is 0.208 e. The lowest BCUT2D eigenvalue weighted by Crippen LogP contribution is -2.11. The van der Waals surface area contributed by atoms with E-state index in [1.807, 2.05) is 38.3 Å². The van der Waals surface area contributed by atoms with Crippen LogP contribution in [0.3, 0.4) is 0 Å². The lowest BCUT2D eigenvalue weighted by atomic mass is 9.93. The van der Waals surface area contributed by atoms with Crippen LogP contribution in [0.1, 0.15) is 43.7 Å². The molecule has 0 unspecified atom stereocenters. The van der Waals surface area contributed by atoms with Crippen LogP contribution < -0.4 is 10.2 Å². The Hall–Kier alpha value is -2.27. The first-order valence-corrected chi connectivity index (χ1v) is 9.80. The summed E-state index contributed by atoms with van der Waals surface area (Å²) in [6.45, 7) is 6.53. The zero-order valence-electron chi connectivity index (χ0n) is 17.0. The number of fused-ring (bicyclic) bond motifs is 1. The molecule has 0 atom stereocenters. The van der Waals surface area contributed by atoms with Crippen molar-refractivity contribution in [2.24, 2.45) is 7.05 Å². The lowest BCUT2D eigenvalue weighted by Gasteiger charge is -2.16. The van der Waals surface area contributed by atoms with Gasteiger partial charge < -0.3 is 14.8 Å². The summed E-state index contributed by atoms with van der Waals surface area (Å²) in [4.78, 5) is 11.3. The molecule has 144 valence electrons. The van der Waals surface area contributed by atoms with Crippen molar-refractivity contribution in [3.8, 4) is 0 Å². The molecule has 0 spiro atoms. The molecule has 0 saturated heterocycles. The van der Waals surface area contributed by atoms with Gasteiger partial charge >= 0.3 is 0 Å². The van der Waals surface area contributed by atoms with Gasteiger partial charge in [-0.15, -0.1) is 0 Å². The van der Waals surface area contributed by atoms with E-state index in [1.54, 1.807) is 0 Å². The van der Waals surface area contributed by atoms with Crippen LogP contribution in [0.15, 0.2) is 24.4 Å². The molecule has 3 aromatic rings. The van der Waals surface area contributed by atoms with Crippen molar-refractivity contribution < 1.29 is 0 Å². The molecule has 0 radical (unpaired) electrons. The Labute approximate surface area is 166 Å². The SMILES string of the molecule is CCC(CC)c1ccc(Cl)c2nc(Nc3cnc(N(C)C)cc3C)n(C)c12. The Morgan fingerprint density at radius 1 is 1.22 bits per heavy atom. The van der Waals surface area contributed by atoms with Crippen molar-refractivity contribution >= 4 is 40.1 Å². The van der Waals surface area contributed by atoms with Gasteiger partial charge in [-0.1, -0.05) is 31.5 Å². The normalized spacial score (nSPS) is 11.4. The molecule has 0 fully saturated rings. The minimum absolute atomic E-state index is 0.496. The second-order valence-corrected chi connectivity index (χ2v) is 7.63. The molecule has 3 rings (SSSR count). The quantitative estimate of drug-likeness (QED) is 0.596. The zero-order valence-corrected chi connectivity index (χ0v) is 17.7. The largest absolute Gasteiger partial charge is 0.363 e. The summed E-state index contributed by atoms with van der Waals surface area (Å²) in [5.41, 5.74) is 5.32. The van der Waals surface area contributed by atoms with Gasteiger partial charge in [0, 0.05) is 21.1 Å². The second-order valence-electron chi connectivity index (χ2n) is 7.22. The highest BCUT2D eigenvalue weighted by Crippen LogP contribution is 2.35. The van der Waals surface area contributed by atoms with E-state index < -0.39 is 0 Å². The number of hydrogen-bond acceptors (Lipinski definition) is 4. The number of hydrogen-bond donors (Lipinski definition) is 1. The molecule has 5 nitrogen and oxygen atoms in total. The Bertz CT molecular complexity index is 957. The van der Waals surface area contributed by atoms with Gasteiger partial charge in [-0.25, -0.2) is 9.97 Å². The molecule has 0 bridgehead atoms. The van der Waals surface area contributed by atoms with E-state index in [2.05, 4.69) is 47.8 Å². The van der Waals surface area contributed by atoms with Crippen LogP contribution in [0.5, 0.6) is 0 Å². The summed E-state index contributed by atoms with van der Waals surface area (Å²) < 4.78 is 2.11. The number of aryl methyl sites for hydroxylation is 2. The predicted molar refractivity (Wildman–Crippen MR) is 116 cm³/mol. The van der Waals surface area contributed by atoms with E-state index in [1.165, 1.54) is 5.56 Å². The van der Waals surface area contributed by atoms with Crippen LogP contribution in [0.2, 0.25) is 5.02 Å². The van der Waals surface area contributed by atoms with E-state index >= 15 is 0 Å². The Kier molecular flexibility index (Phi) is 5.61. The summed E-state index contributed by atoms with van der Waals surface area (Å²) in [5.74, 6) is 2.20. The van der Waals surface area contributed by atoms with Gasteiger partial charge in [0.1, 0.15) is 11.3 Å². The summed E-state index contributed by atoms with van der Waals surface area (Å²) >= 11 is 6.47. The van der Waals surface area contributed by atoms with Crippen molar-refractivity contribution in [3.05, 3.63) is 40.5 Å². The average molecular weight is 386 g/mol. The van der Waals surface area contributed by atoms with Crippen LogP contribution in [-0.4, -0.2) is 28.6 Å². The van der Waals surface area contributed by atoms with Crippen LogP contribution in [0, 0.1) is 6.92 Å². The first-order valence-electron chi connectivity index (χ1n) is 9.43. The number of benzene rings is 1. The van der Waals surface area contributed by atoms with Gasteiger partial charge in [0.05, 0.1) is 22.4 Å². The standard InChI is InChI=1S/C21H28ClN5/c1-7-14(8-2)15-9-10-16(22)19-20(15)27(6)21(25-19)24-17-12-23-18(26(4)5)11-13(17)3/h9-12,14H,7-8H2,1-6H3,(H,24,25). The highest BCUT2D eigenvalue weighted by atomic mass is 35.5. The average Bonchev–Trinajstić information content (AvgIpc) is 2.97. The van der Waals surface area contributed by atoms with Gasteiger partial charge in [0.15, 0.2) is 0 Å². The molecular weight excluding hydrogens is 358 g/mol. The van der Waals surface area contributed by atoms with Crippen molar-refractivity contribution in [1.82, 2.24) is 14.5 Å². The van der Waals surface area contributed by atoms with E-state index in [4.69, 9.17) is 16.6 Å². The maximum atomic E-state index is 6.47. The number of imidazole rings is 1. The molecule has 0 aliphatic carbocycles.